The molecular formula is C11H11N3O2S. The molecule has 1 aromatic heterocycles. The molecule has 0 radical (unpaired) electrons. The Morgan fingerprint density at radius 1 is 1.12 bits per heavy atom. The van der Waals surface area contributed by atoms with Gasteiger partial charge in [-0.05, 0) is 25.1 Å². The van der Waals surface area contributed by atoms with Gasteiger partial charge in [-0.25, -0.2) is 18.4 Å². The first-order valence-electron chi connectivity index (χ1n) is 4.95. The van der Waals surface area contributed by atoms with Crippen molar-refractivity contribution in [2.45, 2.75) is 11.8 Å². The van der Waals surface area contributed by atoms with E-state index in [4.69, 9.17) is 0 Å². The first-order chi connectivity index (χ1) is 8.08. The van der Waals surface area contributed by atoms with E-state index in [2.05, 4.69) is 14.7 Å². The van der Waals surface area contributed by atoms with Gasteiger partial charge >= 0.3 is 0 Å². The van der Waals surface area contributed by atoms with E-state index in [0.717, 1.165) is 0 Å². The molecule has 2 aromatic rings. The predicted molar refractivity (Wildman–Crippen MR) is 64.0 cm³/mol. The number of rotatable bonds is 3. The molecule has 1 aromatic carbocycles. The Balaban J connectivity index is 2.30. The van der Waals surface area contributed by atoms with Crippen LogP contribution in [0.4, 0.5) is 5.82 Å². The fourth-order valence-corrected chi connectivity index (χ4v) is 2.33. The highest BCUT2D eigenvalue weighted by atomic mass is 32.2. The molecule has 88 valence electrons. The number of benzene rings is 1. The zero-order chi connectivity index (χ0) is 12.3. The Kier molecular flexibility index (Phi) is 3.06. The average molecular weight is 249 g/mol. The Bertz CT molecular complexity index is 612. The molecular weight excluding hydrogens is 238 g/mol. The number of aryl methyl sites for hydroxylation is 1. The fourth-order valence-electron chi connectivity index (χ4n) is 1.31. The van der Waals surface area contributed by atoms with Gasteiger partial charge in [-0.15, -0.1) is 0 Å². The summed E-state index contributed by atoms with van der Waals surface area (Å²) in [5.41, 5.74) is 0. The topological polar surface area (TPSA) is 72.0 Å². The summed E-state index contributed by atoms with van der Waals surface area (Å²) in [5, 5.41) is 0. The second-order valence-electron chi connectivity index (χ2n) is 3.41. The molecule has 0 aliphatic heterocycles. The van der Waals surface area contributed by atoms with Crippen molar-refractivity contribution in [3.63, 3.8) is 0 Å². The van der Waals surface area contributed by atoms with Gasteiger partial charge in [-0.1, -0.05) is 18.2 Å². The van der Waals surface area contributed by atoms with Crippen molar-refractivity contribution in [2.75, 3.05) is 4.72 Å². The number of nitrogens with one attached hydrogen (secondary N) is 1. The maximum Gasteiger partial charge on any atom is 0.263 e. The third-order valence-corrected chi connectivity index (χ3v) is 3.44. The molecule has 2 rings (SSSR count). The molecule has 0 fully saturated rings. The monoisotopic (exact) mass is 249 g/mol. The molecule has 0 saturated heterocycles. The smallest absolute Gasteiger partial charge is 0.263 e. The van der Waals surface area contributed by atoms with Gasteiger partial charge in [0.05, 0.1) is 4.90 Å². The largest absolute Gasteiger partial charge is 0.263 e. The van der Waals surface area contributed by atoms with Crippen molar-refractivity contribution >= 4 is 15.8 Å². The van der Waals surface area contributed by atoms with E-state index in [0.29, 0.717) is 5.82 Å². The summed E-state index contributed by atoms with van der Waals surface area (Å²) in [7, 11) is -3.57. The van der Waals surface area contributed by atoms with Crippen LogP contribution in [-0.2, 0) is 10.0 Å². The van der Waals surface area contributed by atoms with Gasteiger partial charge in [0.15, 0.2) is 0 Å². The molecule has 0 aliphatic rings. The highest BCUT2D eigenvalue weighted by Gasteiger charge is 2.13. The van der Waals surface area contributed by atoms with E-state index in [1.165, 1.54) is 24.4 Å². The third-order valence-electron chi connectivity index (χ3n) is 2.07. The number of hydrogen-bond donors (Lipinski definition) is 1. The standard InChI is InChI=1S/C11H11N3O2S/c1-9-12-8-7-11(13-9)14-17(15,16)10-5-3-2-4-6-10/h2-8H,1H3,(H,12,13,14). The number of sulfonamides is 1. The SMILES string of the molecule is Cc1nccc(NS(=O)(=O)c2ccccc2)n1. The number of nitrogens with zero attached hydrogens (tertiary/aromatic N) is 2. The summed E-state index contributed by atoms with van der Waals surface area (Å²) in [6, 6.07) is 9.65. The second kappa shape index (κ2) is 4.50. The van der Waals surface area contributed by atoms with E-state index in [-0.39, 0.29) is 10.7 Å². The Morgan fingerprint density at radius 3 is 2.47 bits per heavy atom. The maximum atomic E-state index is 11.9. The van der Waals surface area contributed by atoms with Gasteiger partial charge in [0, 0.05) is 6.20 Å². The fraction of sp³-hybridized carbons (Fsp3) is 0.0909. The number of anilines is 1. The van der Waals surface area contributed by atoms with E-state index in [1.807, 2.05) is 0 Å². The van der Waals surface area contributed by atoms with Gasteiger partial charge in [-0.2, -0.15) is 0 Å². The van der Waals surface area contributed by atoms with E-state index < -0.39 is 10.0 Å². The molecule has 17 heavy (non-hydrogen) atoms. The van der Waals surface area contributed by atoms with Crippen LogP contribution >= 0.6 is 0 Å². The normalized spacial score (nSPS) is 11.1. The van der Waals surface area contributed by atoms with Crippen LogP contribution in [0.1, 0.15) is 5.82 Å². The lowest BCUT2D eigenvalue weighted by molar-refractivity contribution is 0.601. The highest BCUT2D eigenvalue weighted by molar-refractivity contribution is 7.92. The molecule has 0 spiro atoms. The molecule has 1 heterocycles. The molecule has 0 atom stereocenters. The van der Waals surface area contributed by atoms with Crippen molar-refractivity contribution in [3.05, 3.63) is 48.4 Å². The van der Waals surface area contributed by atoms with Gasteiger partial charge in [0.2, 0.25) is 0 Å². The summed E-state index contributed by atoms with van der Waals surface area (Å²) in [6.07, 6.45) is 1.51. The van der Waals surface area contributed by atoms with Crippen molar-refractivity contribution < 1.29 is 8.42 Å². The van der Waals surface area contributed by atoms with Crippen molar-refractivity contribution in [3.8, 4) is 0 Å². The minimum absolute atomic E-state index is 0.205. The average Bonchev–Trinajstić information content (AvgIpc) is 2.29. The van der Waals surface area contributed by atoms with Crippen molar-refractivity contribution in [2.24, 2.45) is 0 Å². The predicted octanol–water partition coefficient (Wildman–Crippen LogP) is 1.59. The third kappa shape index (κ3) is 2.79. The molecule has 0 saturated carbocycles. The lowest BCUT2D eigenvalue weighted by Crippen LogP contribution is -2.14. The first-order valence-corrected chi connectivity index (χ1v) is 6.44. The second-order valence-corrected chi connectivity index (χ2v) is 5.09. The zero-order valence-corrected chi connectivity index (χ0v) is 9.98. The first kappa shape index (κ1) is 11.5. The van der Waals surface area contributed by atoms with Crippen molar-refractivity contribution in [1.82, 2.24) is 9.97 Å². The summed E-state index contributed by atoms with van der Waals surface area (Å²) >= 11 is 0. The Hall–Kier alpha value is -1.95. The van der Waals surface area contributed by atoms with Crippen LogP contribution in [0.3, 0.4) is 0 Å². The van der Waals surface area contributed by atoms with E-state index >= 15 is 0 Å². The maximum absolute atomic E-state index is 11.9. The van der Waals surface area contributed by atoms with Crippen LogP contribution in [0.15, 0.2) is 47.5 Å². The Morgan fingerprint density at radius 2 is 1.82 bits per heavy atom. The van der Waals surface area contributed by atoms with Crippen LogP contribution in [0.5, 0.6) is 0 Å². The van der Waals surface area contributed by atoms with Crippen LogP contribution in [0.2, 0.25) is 0 Å². The molecule has 5 nitrogen and oxygen atoms in total. The number of hydrogen-bond acceptors (Lipinski definition) is 4. The van der Waals surface area contributed by atoms with E-state index in [1.54, 1.807) is 25.1 Å². The van der Waals surface area contributed by atoms with Crippen molar-refractivity contribution in [1.29, 1.82) is 0 Å². The molecule has 0 aliphatic carbocycles. The van der Waals surface area contributed by atoms with Crippen LogP contribution in [0, 0.1) is 6.92 Å². The van der Waals surface area contributed by atoms with Gasteiger partial charge < -0.3 is 0 Å². The minimum atomic E-state index is -3.57. The lowest BCUT2D eigenvalue weighted by Gasteiger charge is -2.06. The minimum Gasteiger partial charge on any atom is -0.263 e. The van der Waals surface area contributed by atoms with E-state index in [9.17, 15) is 8.42 Å². The number of aromatic nitrogens is 2. The Labute approximate surface area is 99.6 Å². The lowest BCUT2D eigenvalue weighted by atomic mass is 10.4. The molecule has 0 amide bonds. The molecule has 1 N–H and O–H groups in total. The van der Waals surface area contributed by atoms with Gasteiger partial charge in [-0.3, -0.25) is 4.72 Å². The van der Waals surface area contributed by atoms with Gasteiger partial charge in [0.1, 0.15) is 11.6 Å². The van der Waals surface area contributed by atoms with Crippen LogP contribution in [0.25, 0.3) is 0 Å². The molecule has 0 unspecified atom stereocenters. The summed E-state index contributed by atoms with van der Waals surface area (Å²) in [5.74, 6) is 0.777. The summed E-state index contributed by atoms with van der Waals surface area (Å²) in [6.45, 7) is 1.69. The quantitative estimate of drug-likeness (QED) is 0.896. The highest BCUT2D eigenvalue weighted by Crippen LogP contribution is 2.13. The molecule has 0 bridgehead atoms. The summed E-state index contributed by atoms with van der Waals surface area (Å²) in [4.78, 5) is 8.08. The molecule has 6 heteroatoms. The summed E-state index contributed by atoms with van der Waals surface area (Å²) < 4.78 is 26.3. The van der Waals surface area contributed by atoms with Crippen LogP contribution in [-0.4, -0.2) is 18.4 Å². The van der Waals surface area contributed by atoms with Gasteiger partial charge in [0.25, 0.3) is 10.0 Å². The zero-order valence-electron chi connectivity index (χ0n) is 9.16. The van der Waals surface area contributed by atoms with Crippen LogP contribution < -0.4 is 4.72 Å².